The lowest BCUT2D eigenvalue weighted by molar-refractivity contribution is -0.116. The second-order valence-corrected chi connectivity index (χ2v) is 4.19. The normalized spacial score (nSPS) is 12.6. The summed E-state index contributed by atoms with van der Waals surface area (Å²) in [7, 11) is 0. The second kappa shape index (κ2) is 10.1. The summed E-state index contributed by atoms with van der Waals surface area (Å²) in [6.45, 7) is 11.9. The number of hydrogen-bond donors (Lipinski definition) is 2. The van der Waals surface area contributed by atoms with Crippen molar-refractivity contribution in [2.45, 2.75) is 26.7 Å². The predicted octanol–water partition coefficient (Wildman–Crippen LogP) is 2.99. The average molecular weight is 260 g/mol. The highest BCUT2D eigenvalue weighted by atomic mass is 16.1. The molecular formula is C16H24N2O. The average Bonchev–Trinajstić information content (AvgIpc) is 2.34. The fraction of sp³-hybridized carbons (Fsp3) is 0.312. The molecule has 3 heteroatoms. The summed E-state index contributed by atoms with van der Waals surface area (Å²) in [5.41, 5.74) is 7.72. The van der Waals surface area contributed by atoms with E-state index in [2.05, 4.69) is 18.5 Å². The predicted molar refractivity (Wildman–Crippen MR) is 82.4 cm³/mol. The van der Waals surface area contributed by atoms with Gasteiger partial charge in [-0.05, 0) is 44.9 Å². The van der Waals surface area contributed by atoms with Gasteiger partial charge in [0.25, 0.3) is 5.91 Å². The Hall–Kier alpha value is -1.87. The molecule has 0 atom stereocenters. The molecule has 0 aromatic carbocycles. The molecule has 0 bridgehead atoms. The Labute approximate surface area is 116 Å². The molecule has 3 nitrogen and oxygen atoms in total. The van der Waals surface area contributed by atoms with Crippen LogP contribution >= 0.6 is 0 Å². The van der Waals surface area contributed by atoms with Crippen LogP contribution in [0.1, 0.15) is 26.7 Å². The van der Waals surface area contributed by atoms with Crippen LogP contribution in [0.3, 0.4) is 0 Å². The zero-order chi connectivity index (χ0) is 14.7. The van der Waals surface area contributed by atoms with E-state index in [0.717, 1.165) is 12.0 Å². The van der Waals surface area contributed by atoms with Gasteiger partial charge >= 0.3 is 0 Å². The van der Waals surface area contributed by atoms with Gasteiger partial charge in [-0.2, -0.15) is 0 Å². The zero-order valence-corrected chi connectivity index (χ0v) is 11.9. The molecule has 0 aliphatic carbocycles. The van der Waals surface area contributed by atoms with E-state index in [1.807, 2.05) is 32.1 Å². The van der Waals surface area contributed by atoms with Gasteiger partial charge in [0.15, 0.2) is 0 Å². The van der Waals surface area contributed by atoms with Crippen molar-refractivity contribution in [1.82, 2.24) is 5.32 Å². The largest absolute Gasteiger partial charge is 0.330 e. The molecule has 0 heterocycles. The van der Waals surface area contributed by atoms with E-state index in [-0.39, 0.29) is 5.91 Å². The summed E-state index contributed by atoms with van der Waals surface area (Å²) in [4.78, 5) is 12.0. The van der Waals surface area contributed by atoms with Gasteiger partial charge in [-0.15, -0.1) is 0 Å². The molecule has 0 rings (SSSR count). The maximum Gasteiger partial charge on any atom is 0.251 e. The lowest BCUT2D eigenvalue weighted by atomic mass is 10.1. The summed E-state index contributed by atoms with van der Waals surface area (Å²) >= 11 is 0. The fourth-order valence-corrected chi connectivity index (χ4v) is 1.56. The number of carbonyl (C=O) groups is 1. The Kier molecular flexibility index (Phi) is 9.10. The van der Waals surface area contributed by atoms with Crippen molar-refractivity contribution >= 4 is 5.91 Å². The minimum absolute atomic E-state index is 0.150. The van der Waals surface area contributed by atoms with E-state index >= 15 is 0 Å². The quantitative estimate of drug-likeness (QED) is 0.520. The van der Waals surface area contributed by atoms with Gasteiger partial charge in [-0.1, -0.05) is 37.5 Å². The molecule has 0 aliphatic heterocycles. The first kappa shape index (κ1) is 17.1. The molecule has 0 saturated carbocycles. The number of rotatable bonds is 8. The van der Waals surface area contributed by atoms with Crippen LogP contribution in [0.15, 0.2) is 60.4 Å². The molecule has 0 unspecified atom stereocenters. The monoisotopic (exact) mass is 260 g/mol. The number of hydrogen-bond acceptors (Lipinski definition) is 2. The smallest absolute Gasteiger partial charge is 0.251 e. The number of allylic oxidation sites excluding steroid dienone is 6. The van der Waals surface area contributed by atoms with Crippen LogP contribution in [0.2, 0.25) is 0 Å². The summed E-state index contributed by atoms with van der Waals surface area (Å²) in [6.07, 6.45) is 10.4. The van der Waals surface area contributed by atoms with Crippen LogP contribution < -0.4 is 11.1 Å². The van der Waals surface area contributed by atoms with E-state index in [1.165, 1.54) is 0 Å². The summed E-state index contributed by atoms with van der Waals surface area (Å²) in [6, 6.07) is 0. The first-order valence-electron chi connectivity index (χ1n) is 6.38. The van der Waals surface area contributed by atoms with Crippen molar-refractivity contribution in [3.05, 3.63) is 60.4 Å². The highest BCUT2D eigenvalue weighted by Crippen LogP contribution is 2.07. The number of nitrogens with one attached hydrogen (secondary N) is 1. The molecule has 19 heavy (non-hydrogen) atoms. The standard InChI is InChI=1S/C16H24N2O/c1-5-8-13(3)12-14(4)18-16(19)15(9-6-2)10-7-11-17/h5-6,8-9,12H,2,4,7,10-11,17H2,1,3H3,(H,18,19)/b8-5-,13-12-,15-9+. The summed E-state index contributed by atoms with van der Waals surface area (Å²) in [5, 5.41) is 2.76. The van der Waals surface area contributed by atoms with Gasteiger partial charge in [-0.25, -0.2) is 0 Å². The Morgan fingerprint density at radius 1 is 1.42 bits per heavy atom. The van der Waals surface area contributed by atoms with Crippen LogP contribution in [0, 0.1) is 0 Å². The molecule has 1 amide bonds. The molecular weight excluding hydrogens is 236 g/mol. The van der Waals surface area contributed by atoms with Crippen LogP contribution in [-0.2, 0) is 4.79 Å². The van der Waals surface area contributed by atoms with Gasteiger partial charge in [-0.3, -0.25) is 4.79 Å². The Morgan fingerprint density at radius 2 is 2.11 bits per heavy atom. The molecule has 0 aromatic heterocycles. The summed E-state index contributed by atoms with van der Waals surface area (Å²) in [5.74, 6) is -0.150. The van der Waals surface area contributed by atoms with Crippen LogP contribution in [0.5, 0.6) is 0 Å². The lowest BCUT2D eigenvalue weighted by Crippen LogP contribution is -2.23. The second-order valence-electron chi connectivity index (χ2n) is 4.19. The third kappa shape index (κ3) is 7.95. The minimum Gasteiger partial charge on any atom is -0.330 e. The SMILES string of the molecule is C=C/C=C(\CCCN)C(=O)NC(=C)/C=C(C)\C=C/C. The van der Waals surface area contributed by atoms with Crippen molar-refractivity contribution in [2.24, 2.45) is 5.73 Å². The van der Waals surface area contributed by atoms with Crippen LogP contribution in [0.25, 0.3) is 0 Å². The van der Waals surface area contributed by atoms with E-state index in [1.54, 1.807) is 12.2 Å². The Balaban J connectivity index is 4.64. The third-order valence-electron chi connectivity index (χ3n) is 2.37. The lowest BCUT2D eigenvalue weighted by Gasteiger charge is -2.08. The van der Waals surface area contributed by atoms with Gasteiger partial charge in [0.05, 0.1) is 0 Å². The molecule has 0 spiro atoms. The number of nitrogens with two attached hydrogens (primary N) is 1. The highest BCUT2D eigenvalue weighted by Gasteiger charge is 2.08. The van der Waals surface area contributed by atoms with Crippen molar-refractivity contribution < 1.29 is 4.79 Å². The third-order valence-corrected chi connectivity index (χ3v) is 2.37. The highest BCUT2D eigenvalue weighted by molar-refractivity contribution is 5.95. The van der Waals surface area contributed by atoms with E-state index < -0.39 is 0 Å². The zero-order valence-electron chi connectivity index (χ0n) is 11.9. The van der Waals surface area contributed by atoms with Crippen molar-refractivity contribution in [1.29, 1.82) is 0 Å². The van der Waals surface area contributed by atoms with Crippen molar-refractivity contribution in [2.75, 3.05) is 6.54 Å². The molecule has 104 valence electrons. The Bertz CT molecular complexity index is 414. The molecule has 0 fully saturated rings. The van der Waals surface area contributed by atoms with Gasteiger partial charge in [0, 0.05) is 11.3 Å². The first-order valence-corrected chi connectivity index (χ1v) is 6.38. The summed E-state index contributed by atoms with van der Waals surface area (Å²) < 4.78 is 0. The van der Waals surface area contributed by atoms with Gasteiger partial charge < -0.3 is 11.1 Å². The number of amides is 1. The maximum atomic E-state index is 12.0. The van der Waals surface area contributed by atoms with Crippen LogP contribution in [-0.4, -0.2) is 12.5 Å². The van der Waals surface area contributed by atoms with Crippen molar-refractivity contribution in [3.63, 3.8) is 0 Å². The Morgan fingerprint density at radius 3 is 2.63 bits per heavy atom. The van der Waals surface area contributed by atoms with E-state index in [4.69, 9.17) is 5.73 Å². The molecule has 0 radical (unpaired) electrons. The molecule has 0 aliphatic rings. The van der Waals surface area contributed by atoms with Gasteiger partial charge in [0.1, 0.15) is 0 Å². The van der Waals surface area contributed by atoms with Gasteiger partial charge in [0.2, 0.25) is 0 Å². The fourth-order valence-electron chi connectivity index (χ4n) is 1.56. The first-order chi connectivity index (χ1) is 9.04. The minimum atomic E-state index is -0.150. The van der Waals surface area contributed by atoms with E-state index in [0.29, 0.717) is 24.2 Å². The molecule has 0 aromatic rings. The molecule has 3 N–H and O–H groups in total. The maximum absolute atomic E-state index is 12.0. The van der Waals surface area contributed by atoms with Crippen LogP contribution in [0.4, 0.5) is 0 Å². The number of carbonyl (C=O) groups excluding carboxylic acids is 1. The molecule has 0 saturated heterocycles. The van der Waals surface area contributed by atoms with E-state index in [9.17, 15) is 4.79 Å². The topological polar surface area (TPSA) is 55.1 Å². The van der Waals surface area contributed by atoms with Crippen molar-refractivity contribution in [3.8, 4) is 0 Å².